The number of rotatable bonds is 4. The van der Waals surface area contributed by atoms with E-state index in [2.05, 4.69) is 12.2 Å². The predicted molar refractivity (Wildman–Crippen MR) is 99.5 cm³/mol. The van der Waals surface area contributed by atoms with Gasteiger partial charge in [-0.2, -0.15) is 0 Å². The monoisotopic (exact) mass is 362 g/mol. The van der Waals surface area contributed by atoms with E-state index < -0.39 is 0 Å². The van der Waals surface area contributed by atoms with Crippen molar-refractivity contribution in [2.75, 3.05) is 19.7 Å². The van der Waals surface area contributed by atoms with E-state index in [1.807, 2.05) is 6.92 Å². The van der Waals surface area contributed by atoms with Crippen molar-refractivity contribution in [2.24, 2.45) is 29.1 Å². The summed E-state index contributed by atoms with van der Waals surface area (Å²) in [7, 11) is 0. The molecule has 4 saturated carbocycles. The molecule has 1 atom stereocenters. The average Bonchev–Trinajstić information content (AvgIpc) is 2.61. The maximum atomic E-state index is 12.9. The van der Waals surface area contributed by atoms with E-state index in [4.69, 9.17) is 4.74 Å². The Balaban J connectivity index is 1.31. The minimum absolute atomic E-state index is 0.0389. The van der Waals surface area contributed by atoms with Gasteiger partial charge in [0.1, 0.15) is 0 Å². The second kappa shape index (κ2) is 7.05. The fraction of sp³-hybridized carbons (Fsp3) is 0.905. The lowest BCUT2D eigenvalue weighted by atomic mass is 9.48. The summed E-state index contributed by atoms with van der Waals surface area (Å²) in [5.74, 6) is 2.98. The number of hydrogen-bond donors (Lipinski definition) is 1. The molecule has 1 N–H and O–H groups in total. The zero-order chi connectivity index (χ0) is 18.3. The summed E-state index contributed by atoms with van der Waals surface area (Å²) in [5, 5.41) is 3.40. The lowest BCUT2D eigenvalue weighted by Crippen LogP contribution is -2.57. The third kappa shape index (κ3) is 3.34. The number of amides is 2. The van der Waals surface area contributed by atoms with E-state index in [0.717, 1.165) is 30.6 Å². The molecule has 1 aliphatic heterocycles. The Morgan fingerprint density at radius 1 is 1.08 bits per heavy atom. The smallest absolute Gasteiger partial charge is 0.409 e. The Kier molecular flexibility index (Phi) is 4.91. The summed E-state index contributed by atoms with van der Waals surface area (Å²) in [6, 6.07) is 0.284. The molecule has 5 fully saturated rings. The third-order valence-corrected chi connectivity index (χ3v) is 7.75. The van der Waals surface area contributed by atoms with Gasteiger partial charge in [0.15, 0.2) is 0 Å². The highest BCUT2D eigenvalue weighted by molar-refractivity contribution is 5.79. The van der Waals surface area contributed by atoms with Crippen LogP contribution < -0.4 is 5.32 Å². The molecule has 0 aromatic heterocycles. The van der Waals surface area contributed by atoms with Crippen LogP contribution in [0.5, 0.6) is 0 Å². The molecular formula is C21H34N2O3. The number of piperidine rings is 1. The quantitative estimate of drug-likeness (QED) is 0.832. The van der Waals surface area contributed by atoms with Crippen LogP contribution in [0.1, 0.15) is 65.2 Å². The van der Waals surface area contributed by atoms with Crippen molar-refractivity contribution in [3.63, 3.8) is 0 Å². The normalized spacial score (nSPS) is 37.5. The first kappa shape index (κ1) is 18.1. The van der Waals surface area contributed by atoms with Crippen molar-refractivity contribution >= 4 is 12.0 Å². The molecule has 5 nitrogen and oxygen atoms in total. The van der Waals surface area contributed by atoms with Gasteiger partial charge in [0.25, 0.3) is 0 Å². The minimum atomic E-state index is -0.242. The van der Waals surface area contributed by atoms with Crippen LogP contribution in [0.4, 0.5) is 4.79 Å². The lowest BCUT2D eigenvalue weighted by molar-refractivity contribution is -0.131. The summed E-state index contributed by atoms with van der Waals surface area (Å²) < 4.78 is 5.07. The first-order chi connectivity index (χ1) is 12.5. The highest BCUT2D eigenvalue weighted by Gasteiger charge is 2.53. The Bertz CT molecular complexity index is 518. The second-order valence-electron chi connectivity index (χ2n) is 9.47. The summed E-state index contributed by atoms with van der Waals surface area (Å²) in [4.78, 5) is 26.4. The van der Waals surface area contributed by atoms with Crippen LogP contribution >= 0.6 is 0 Å². The van der Waals surface area contributed by atoms with Crippen LogP contribution in [-0.2, 0) is 9.53 Å². The standard InChI is InChI=1S/C21H34N2O3/c1-3-26-20(25)23-6-4-18(5-7-23)19(24)22-14(2)21-11-15-8-16(12-21)10-17(9-15)13-21/h14-18H,3-13H2,1-2H3,(H,22,24)/t14-,15?,16?,17?,21?/m1/s1. The van der Waals surface area contributed by atoms with Gasteiger partial charge in [-0.05, 0) is 88.4 Å². The number of carbonyl (C=O) groups is 2. The maximum absolute atomic E-state index is 12.9. The molecule has 4 bridgehead atoms. The first-order valence-electron chi connectivity index (χ1n) is 10.7. The zero-order valence-electron chi connectivity index (χ0n) is 16.3. The maximum Gasteiger partial charge on any atom is 0.409 e. The Morgan fingerprint density at radius 2 is 1.62 bits per heavy atom. The van der Waals surface area contributed by atoms with E-state index in [1.54, 1.807) is 4.90 Å². The molecule has 0 radical (unpaired) electrons. The minimum Gasteiger partial charge on any atom is -0.450 e. The summed E-state index contributed by atoms with van der Waals surface area (Å²) in [6.45, 7) is 5.73. The molecule has 5 rings (SSSR count). The highest BCUT2D eigenvalue weighted by Crippen LogP contribution is 2.61. The Morgan fingerprint density at radius 3 is 2.12 bits per heavy atom. The van der Waals surface area contributed by atoms with Crippen LogP contribution in [0.2, 0.25) is 0 Å². The molecule has 0 unspecified atom stereocenters. The van der Waals surface area contributed by atoms with Crippen molar-refractivity contribution in [3.8, 4) is 0 Å². The molecule has 4 aliphatic carbocycles. The van der Waals surface area contributed by atoms with Crippen molar-refractivity contribution in [3.05, 3.63) is 0 Å². The molecule has 26 heavy (non-hydrogen) atoms. The van der Waals surface area contributed by atoms with Gasteiger partial charge in [0.2, 0.25) is 5.91 Å². The van der Waals surface area contributed by atoms with E-state index in [0.29, 0.717) is 25.1 Å². The highest BCUT2D eigenvalue weighted by atomic mass is 16.6. The molecule has 1 saturated heterocycles. The van der Waals surface area contributed by atoms with Crippen molar-refractivity contribution < 1.29 is 14.3 Å². The predicted octanol–water partition coefficient (Wildman–Crippen LogP) is 3.58. The molecular weight excluding hydrogens is 328 g/mol. The van der Waals surface area contributed by atoms with Crippen LogP contribution in [0.3, 0.4) is 0 Å². The van der Waals surface area contributed by atoms with Crippen LogP contribution in [0.25, 0.3) is 0 Å². The molecule has 146 valence electrons. The summed E-state index contributed by atoms with van der Waals surface area (Å²) in [5.41, 5.74) is 0.357. The molecule has 0 spiro atoms. The van der Waals surface area contributed by atoms with Gasteiger partial charge in [0, 0.05) is 25.0 Å². The van der Waals surface area contributed by atoms with Gasteiger partial charge >= 0.3 is 6.09 Å². The molecule has 5 heteroatoms. The Hall–Kier alpha value is -1.26. The first-order valence-corrected chi connectivity index (χ1v) is 10.7. The molecule has 1 heterocycles. The van der Waals surface area contributed by atoms with Gasteiger partial charge in [0.05, 0.1) is 6.61 Å². The van der Waals surface area contributed by atoms with E-state index >= 15 is 0 Å². The summed E-state index contributed by atoms with van der Waals surface area (Å²) in [6.07, 6.45) is 9.53. The van der Waals surface area contributed by atoms with Crippen LogP contribution in [0, 0.1) is 29.1 Å². The van der Waals surface area contributed by atoms with Gasteiger partial charge in [-0.15, -0.1) is 0 Å². The average molecular weight is 363 g/mol. The molecule has 0 aromatic rings. The van der Waals surface area contributed by atoms with Gasteiger partial charge in [-0.1, -0.05) is 0 Å². The zero-order valence-corrected chi connectivity index (χ0v) is 16.3. The van der Waals surface area contributed by atoms with E-state index in [1.165, 1.54) is 38.5 Å². The summed E-state index contributed by atoms with van der Waals surface area (Å²) >= 11 is 0. The van der Waals surface area contributed by atoms with Gasteiger partial charge < -0.3 is 15.0 Å². The van der Waals surface area contributed by atoms with E-state index in [-0.39, 0.29) is 24.0 Å². The number of nitrogens with one attached hydrogen (secondary N) is 1. The van der Waals surface area contributed by atoms with Crippen molar-refractivity contribution in [2.45, 2.75) is 71.3 Å². The molecule has 5 aliphatic rings. The number of carbonyl (C=O) groups excluding carboxylic acids is 2. The number of likely N-dealkylation sites (tertiary alicyclic amines) is 1. The fourth-order valence-electron chi connectivity index (χ4n) is 6.73. The van der Waals surface area contributed by atoms with Gasteiger partial charge in [-0.3, -0.25) is 4.79 Å². The topological polar surface area (TPSA) is 58.6 Å². The van der Waals surface area contributed by atoms with Crippen LogP contribution in [-0.4, -0.2) is 42.6 Å². The van der Waals surface area contributed by atoms with Gasteiger partial charge in [-0.25, -0.2) is 4.79 Å². The lowest BCUT2D eigenvalue weighted by Gasteiger charge is -2.59. The largest absolute Gasteiger partial charge is 0.450 e. The van der Waals surface area contributed by atoms with Crippen molar-refractivity contribution in [1.82, 2.24) is 10.2 Å². The third-order valence-electron chi connectivity index (χ3n) is 7.75. The van der Waals surface area contributed by atoms with Crippen LogP contribution in [0.15, 0.2) is 0 Å². The fourth-order valence-corrected chi connectivity index (χ4v) is 6.73. The SMILES string of the molecule is CCOC(=O)N1CCC(C(=O)N[C@H](C)C23CC4CC(CC(C4)C2)C3)CC1. The number of nitrogens with zero attached hydrogens (tertiary/aromatic N) is 1. The van der Waals surface area contributed by atoms with E-state index in [9.17, 15) is 9.59 Å². The molecule has 2 amide bonds. The number of hydrogen-bond acceptors (Lipinski definition) is 3. The Labute approximate surface area is 157 Å². The second-order valence-corrected chi connectivity index (χ2v) is 9.47. The molecule has 0 aromatic carbocycles. The number of ether oxygens (including phenoxy) is 1. The van der Waals surface area contributed by atoms with Crippen molar-refractivity contribution in [1.29, 1.82) is 0 Å².